The van der Waals surface area contributed by atoms with Crippen LogP contribution in [0.3, 0.4) is 0 Å². The van der Waals surface area contributed by atoms with E-state index in [2.05, 4.69) is 21.2 Å². The van der Waals surface area contributed by atoms with Crippen LogP contribution in [0.5, 0.6) is 5.75 Å². The summed E-state index contributed by atoms with van der Waals surface area (Å²) in [4.78, 5) is 29.0. The number of hydrogen-bond acceptors (Lipinski definition) is 5. The first-order valence-corrected chi connectivity index (χ1v) is 8.94. The largest absolute Gasteiger partial charge is 0.497 e. The predicted octanol–water partition coefficient (Wildman–Crippen LogP) is 2.37. The number of hydrazine groups is 1. The van der Waals surface area contributed by atoms with Gasteiger partial charge in [0.25, 0.3) is 5.91 Å². The standard InChI is InChI=1S/C20H23N5O4/c1-12-11-16(13(2)29-12)19(26)23-24-20(27)22-17(18-21-9-10-25(18)3)14-5-7-15(28-4)8-6-14/h5-11,17H,1-4H3,(H,23,26)(H2,22,24,27). The summed E-state index contributed by atoms with van der Waals surface area (Å²) < 4.78 is 12.3. The summed E-state index contributed by atoms with van der Waals surface area (Å²) in [5.41, 5.74) is 5.92. The second kappa shape index (κ2) is 8.51. The van der Waals surface area contributed by atoms with Crippen molar-refractivity contribution in [2.24, 2.45) is 7.05 Å². The van der Waals surface area contributed by atoms with Gasteiger partial charge in [0.05, 0.1) is 12.7 Å². The van der Waals surface area contributed by atoms with Crippen molar-refractivity contribution in [2.75, 3.05) is 7.11 Å². The SMILES string of the molecule is COc1ccc(C(NC(=O)NNC(=O)c2cc(C)oc2C)c2nccn2C)cc1. The smallest absolute Gasteiger partial charge is 0.334 e. The predicted molar refractivity (Wildman–Crippen MR) is 105 cm³/mol. The number of benzene rings is 1. The van der Waals surface area contributed by atoms with Crippen LogP contribution < -0.4 is 20.9 Å². The van der Waals surface area contributed by atoms with Gasteiger partial charge in [-0.1, -0.05) is 12.1 Å². The summed E-state index contributed by atoms with van der Waals surface area (Å²) in [6.07, 6.45) is 3.44. The molecule has 29 heavy (non-hydrogen) atoms. The van der Waals surface area contributed by atoms with Crippen LogP contribution in [-0.4, -0.2) is 28.6 Å². The molecule has 2 aromatic heterocycles. The molecule has 9 nitrogen and oxygen atoms in total. The Balaban J connectivity index is 1.72. The Morgan fingerprint density at radius 1 is 1.17 bits per heavy atom. The van der Waals surface area contributed by atoms with Gasteiger partial charge in [-0.3, -0.25) is 10.2 Å². The monoisotopic (exact) mass is 397 g/mol. The third-order valence-corrected chi connectivity index (χ3v) is 4.42. The van der Waals surface area contributed by atoms with E-state index in [9.17, 15) is 9.59 Å². The molecule has 152 valence electrons. The van der Waals surface area contributed by atoms with Gasteiger partial charge >= 0.3 is 6.03 Å². The quantitative estimate of drug-likeness (QED) is 0.573. The third-order valence-electron chi connectivity index (χ3n) is 4.42. The molecule has 0 aliphatic heterocycles. The number of imidazole rings is 1. The molecular formula is C20H23N5O4. The summed E-state index contributed by atoms with van der Waals surface area (Å²) in [7, 11) is 3.42. The molecule has 3 amide bonds. The van der Waals surface area contributed by atoms with E-state index in [4.69, 9.17) is 9.15 Å². The maximum atomic E-state index is 12.5. The number of carbonyl (C=O) groups excluding carboxylic acids is 2. The van der Waals surface area contributed by atoms with Gasteiger partial charge in [0, 0.05) is 19.4 Å². The topological polar surface area (TPSA) is 110 Å². The number of aryl methyl sites for hydroxylation is 3. The van der Waals surface area contributed by atoms with Crippen molar-refractivity contribution in [1.82, 2.24) is 25.7 Å². The highest BCUT2D eigenvalue weighted by molar-refractivity contribution is 5.96. The van der Waals surface area contributed by atoms with Crippen molar-refractivity contribution < 1.29 is 18.7 Å². The first-order chi connectivity index (χ1) is 13.9. The molecule has 0 saturated carbocycles. The van der Waals surface area contributed by atoms with E-state index in [-0.39, 0.29) is 0 Å². The number of carbonyl (C=O) groups is 2. The summed E-state index contributed by atoms with van der Waals surface area (Å²) in [6, 6.07) is 7.78. The number of amides is 3. The van der Waals surface area contributed by atoms with Gasteiger partial charge in [-0.15, -0.1) is 0 Å². The van der Waals surface area contributed by atoms with E-state index in [1.807, 2.05) is 23.7 Å². The molecule has 0 aliphatic carbocycles. The lowest BCUT2D eigenvalue weighted by atomic mass is 10.1. The molecule has 1 atom stereocenters. The second-order valence-corrected chi connectivity index (χ2v) is 6.48. The van der Waals surface area contributed by atoms with Gasteiger partial charge in [-0.2, -0.15) is 0 Å². The Morgan fingerprint density at radius 2 is 1.90 bits per heavy atom. The Hall–Kier alpha value is -3.75. The van der Waals surface area contributed by atoms with Crippen LogP contribution in [0, 0.1) is 13.8 Å². The van der Waals surface area contributed by atoms with Crippen molar-refractivity contribution in [3.05, 3.63) is 71.2 Å². The summed E-state index contributed by atoms with van der Waals surface area (Å²) in [5, 5.41) is 2.83. The second-order valence-electron chi connectivity index (χ2n) is 6.48. The molecule has 0 bridgehead atoms. The van der Waals surface area contributed by atoms with Gasteiger partial charge in [0.1, 0.15) is 29.1 Å². The molecule has 3 aromatic rings. The highest BCUT2D eigenvalue weighted by Gasteiger charge is 2.21. The summed E-state index contributed by atoms with van der Waals surface area (Å²) in [5.74, 6) is 1.97. The van der Waals surface area contributed by atoms with Crippen molar-refractivity contribution in [3.63, 3.8) is 0 Å². The van der Waals surface area contributed by atoms with Gasteiger partial charge in [0.2, 0.25) is 0 Å². The lowest BCUT2D eigenvalue weighted by Gasteiger charge is -2.20. The maximum absolute atomic E-state index is 12.5. The number of ether oxygens (including phenoxy) is 1. The number of urea groups is 1. The average molecular weight is 397 g/mol. The molecule has 0 aliphatic rings. The minimum absolute atomic E-state index is 0.360. The van der Waals surface area contributed by atoms with Crippen LogP contribution in [0.25, 0.3) is 0 Å². The molecule has 1 unspecified atom stereocenters. The fourth-order valence-electron chi connectivity index (χ4n) is 2.95. The zero-order valence-corrected chi connectivity index (χ0v) is 16.6. The highest BCUT2D eigenvalue weighted by Crippen LogP contribution is 2.22. The van der Waals surface area contributed by atoms with Gasteiger partial charge in [-0.05, 0) is 37.6 Å². The molecule has 1 aromatic carbocycles. The van der Waals surface area contributed by atoms with Crippen LogP contribution in [0.15, 0.2) is 47.1 Å². The number of nitrogens with one attached hydrogen (secondary N) is 3. The minimum atomic E-state index is -0.583. The Morgan fingerprint density at radius 3 is 2.45 bits per heavy atom. The van der Waals surface area contributed by atoms with E-state index in [1.54, 1.807) is 51.6 Å². The van der Waals surface area contributed by atoms with Gasteiger partial charge in [-0.25, -0.2) is 15.2 Å². The Kier molecular flexibility index (Phi) is 5.87. The molecular weight excluding hydrogens is 374 g/mol. The zero-order valence-electron chi connectivity index (χ0n) is 16.6. The Labute approximate surface area is 168 Å². The zero-order chi connectivity index (χ0) is 21.0. The molecule has 0 fully saturated rings. The van der Waals surface area contributed by atoms with Crippen molar-refractivity contribution in [1.29, 1.82) is 0 Å². The van der Waals surface area contributed by atoms with Crippen molar-refractivity contribution >= 4 is 11.9 Å². The van der Waals surface area contributed by atoms with Crippen molar-refractivity contribution in [2.45, 2.75) is 19.9 Å². The van der Waals surface area contributed by atoms with Crippen LogP contribution in [0.1, 0.15) is 39.3 Å². The van der Waals surface area contributed by atoms with Crippen molar-refractivity contribution in [3.8, 4) is 5.75 Å². The average Bonchev–Trinajstić information content (AvgIpc) is 3.28. The molecule has 2 heterocycles. The molecule has 0 radical (unpaired) electrons. The summed E-state index contributed by atoms with van der Waals surface area (Å²) >= 11 is 0. The third kappa shape index (κ3) is 4.57. The lowest BCUT2D eigenvalue weighted by Crippen LogP contribution is -2.48. The van der Waals surface area contributed by atoms with E-state index in [1.165, 1.54) is 0 Å². The number of aromatic nitrogens is 2. The number of furan rings is 1. The lowest BCUT2D eigenvalue weighted by molar-refractivity contribution is 0.0934. The molecule has 9 heteroatoms. The van der Waals surface area contributed by atoms with E-state index >= 15 is 0 Å². The molecule has 3 N–H and O–H groups in total. The van der Waals surface area contributed by atoms with E-state index < -0.39 is 18.0 Å². The van der Waals surface area contributed by atoms with Crippen LogP contribution in [0.2, 0.25) is 0 Å². The van der Waals surface area contributed by atoms with Gasteiger partial charge in [0.15, 0.2) is 0 Å². The first-order valence-electron chi connectivity index (χ1n) is 8.94. The number of hydrogen-bond donors (Lipinski definition) is 3. The highest BCUT2D eigenvalue weighted by atomic mass is 16.5. The van der Waals surface area contributed by atoms with Crippen LogP contribution >= 0.6 is 0 Å². The number of nitrogens with zero attached hydrogens (tertiary/aromatic N) is 2. The first kappa shape index (κ1) is 20.0. The number of rotatable bonds is 5. The number of methoxy groups -OCH3 is 1. The summed E-state index contributed by atoms with van der Waals surface area (Å²) in [6.45, 7) is 3.43. The van der Waals surface area contributed by atoms with Crippen LogP contribution in [-0.2, 0) is 7.05 Å². The fourth-order valence-corrected chi connectivity index (χ4v) is 2.95. The van der Waals surface area contributed by atoms with E-state index in [0.29, 0.717) is 28.7 Å². The molecule has 3 rings (SSSR count). The van der Waals surface area contributed by atoms with Crippen LogP contribution in [0.4, 0.5) is 4.79 Å². The molecule has 0 saturated heterocycles. The molecule has 0 spiro atoms. The minimum Gasteiger partial charge on any atom is -0.497 e. The maximum Gasteiger partial charge on any atom is 0.334 e. The fraction of sp³-hybridized carbons (Fsp3) is 0.250. The Bertz CT molecular complexity index is 1010. The van der Waals surface area contributed by atoms with Gasteiger partial charge < -0.3 is 19.0 Å². The normalized spacial score (nSPS) is 11.6. The van der Waals surface area contributed by atoms with E-state index in [0.717, 1.165) is 5.56 Å².